The average molecular weight is 364 g/mol. The Kier molecular flexibility index (Phi) is 5.68. The average Bonchev–Trinajstić information content (AvgIpc) is 2.69. The van der Waals surface area contributed by atoms with E-state index in [1.807, 2.05) is 19.1 Å². The first-order valence-electron chi connectivity index (χ1n) is 8.55. The molecule has 0 fully saturated rings. The summed E-state index contributed by atoms with van der Waals surface area (Å²) in [5.74, 6) is 4.66. The number of carbonyl (C=O) groups excluding carboxylic acids is 1. The van der Waals surface area contributed by atoms with Crippen molar-refractivity contribution in [3.05, 3.63) is 53.1 Å². The van der Waals surface area contributed by atoms with E-state index in [1.54, 1.807) is 37.5 Å². The third kappa shape index (κ3) is 4.06. The van der Waals surface area contributed by atoms with E-state index in [9.17, 15) is 4.79 Å². The van der Waals surface area contributed by atoms with Gasteiger partial charge in [0.2, 0.25) is 0 Å². The van der Waals surface area contributed by atoms with Crippen LogP contribution in [0.25, 0.3) is 6.08 Å². The minimum Gasteiger partial charge on any atom is -0.497 e. The molecule has 0 atom stereocenters. The van der Waals surface area contributed by atoms with Gasteiger partial charge in [0, 0.05) is 5.57 Å². The lowest BCUT2D eigenvalue weighted by molar-refractivity contribution is 0.100. The van der Waals surface area contributed by atoms with Crippen molar-refractivity contribution in [1.29, 1.82) is 0 Å². The van der Waals surface area contributed by atoms with Crippen LogP contribution in [-0.2, 0) is 0 Å². The molecule has 0 bridgehead atoms. The SMILES string of the molecule is C#CCOc1ccc(/C=C2\COc3ccc(OC)cc3C2=O)cc1OCC. The number of hydrogen-bond donors (Lipinski definition) is 0. The van der Waals surface area contributed by atoms with E-state index in [1.165, 1.54) is 0 Å². The number of methoxy groups -OCH3 is 1. The predicted octanol–water partition coefficient (Wildman–Crippen LogP) is 3.76. The summed E-state index contributed by atoms with van der Waals surface area (Å²) in [4.78, 5) is 12.8. The monoisotopic (exact) mass is 364 g/mol. The van der Waals surface area contributed by atoms with Crippen LogP contribution >= 0.6 is 0 Å². The second kappa shape index (κ2) is 8.33. The van der Waals surface area contributed by atoms with Gasteiger partial charge in [0.15, 0.2) is 17.3 Å². The van der Waals surface area contributed by atoms with Crippen molar-refractivity contribution in [3.8, 4) is 35.3 Å². The Balaban J connectivity index is 1.91. The van der Waals surface area contributed by atoms with Crippen molar-refractivity contribution in [2.24, 2.45) is 0 Å². The zero-order valence-corrected chi connectivity index (χ0v) is 15.3. The molecule has 138 valence electrons. The maximum absolute atomic E-state index is 12.8. The van der Waals surface area contributed by atoms with E-state index in [0.717, 1.165) is 5.56 Å². The summed E-state index contributed by atoms with van der Waals surface area (Å²) < 4.78 is 22.0. The summed E-state index contributed by atoms with van der Waals surface area (Å²) in [6, 6.07) is 10.6. The van der Waals surface area contributed by atoms with Crippen molar-refractivity contribution < 1.29 is 23.7 Å². The predicted molar refractivity (Wildman–Crippen MR) is 103 cm³/mol. The third-order valence-corrected chi connectivity index (χ3v) is 4.03. The fourth-order valence-corrected chi connectivity index (χ4v) is 2.76. The molecule has 1 aliphatic rings. The van der Waals surface area contributed by atoms with Gasteiger partial charge >= 0.3 is 0 Å². The first-order chi connectivity index (χ1) is 13.2. The van der Waals surface area contributed by atoms with Crippen molar-refractivity contribution in [1.82, 2.24) is 0 Å². The van der Waals surface area contributed by atoms with Gasteiger partial charge in [-0.25, -0.2) is 0 Å². The van der Waals surface area contributed by atoms with Gasteiger partial charge in [0.05, 0.1) is 19.3 Å². The Morgan fingerprint density at radius 1 is 1.19 bits per heavy atom. The largest absolute Gasteiger partial charge is 0.497 e. The summed E-state index contributed by atoms with van der Waals surface area (Å²) in [7, 11) is 1.56. The molecule has 0 N–H and O–H groups in total. The normalized spacial score (nSPS) is 14.1. The summed E-state index contributed by atoms with van der Waals surface area (Å²) in [5, 5.41) is 0. The number of hydrogen-bond acceptors (Lipinski definition) is 5. The van der Waals surface area contributed by atoms with E-state index in [-0.39, 0.29) is 19.0 Å². The van der Waals surface area contributed by atoms with Crippen LogP contribution < -0.4 is 18.9 Å². The molecule has 2 aromatic rings. The molecule has 0 unspecified atom stereocenters. The number of terminal acetylenes is 1. The Hall–Kier alpha value is -3.39. The first-order valence-corrected chi connectivity index (χ1v) is 8.55. The summed E-state index contributed by atoms with van der Waals surface area (Å²) in [5.41, 5.74) is 1.85. The molecule has 0 saturated carbocycles. The standard InChI is InChI=1S/C22H20O5/c1-4-10-26-20-8-6-15(12-21(20)25-5-2)11-16-14-27-19-9-7-17(24-3)13-18(19)22(16)23/h1,6-9,11-13H,5,10,14H2,2-3H3/b16-11+. The van der Waals surface area contributed by atoms with Crippen molar-refractivity contribution in [3.63, 3.8) is 0 Å². The molecule has 0 spiro atoms. The highest BCUT2D eigenvalue weighted by molar-refractivity contribution is 6.14. The van der Waals surface area contributed by atoms with Gasteiger partial charge in [-0.3, -0.25) is 4.79 Å². The third-order valence-electron chi connectivity index (χ3n) is 4.03. The molecule has 0 aliphatic carbocycles. The Morgan fingerprint density at radius 2 is 2.04 bits per heavy atom. The van der Waals surface area contributed by atoms with Crippen LogP contribution in [0.15, 0.2) is 42.0 Å². The second-order valence-corrected chi connectivity index (χ2v) is 5.78. The number of rotatable bonds is 6. The fourth-order valence-electron chi connectivity index (χ4n) is 2.76. The maximum atomic E-state index is 12.8. The molecular weight excluding hydrogens is 344 g/mol. The molecule has 27 heavy (non-hydrogen) atoms. The van der Waals surface area contributed by atoms with E-state index in [2.05, 4.69) is 5.92 Å². The molecule has 0 amide bonds. The lowest BCUT2D eigenvalue weighted by Crippen LogP contribution is -2.19. The van der Waals surface area contributed by atoms with Gasteiger partial charge in [-0.2, -0.15) is 0 Å². The summed E-state index contributed by atoms with van der Waals surface area (Å²) >= 11 is 0. The van der Waals surface area contributed by atoms with Gasteiger partial charge in [0.25, 0.3) is 0 Å². The van der Waals surface area contributed by atoms with E-state index < -0.39 is 0 Å². The molecule has 0 saturated heterocycles. The Labute approximate surface area is 158 Å². The lowest BCUT2D eigenvalue weighted by Gasteiger charge is -2.19. The van der Waals surface area contributed by atoms with Crippen molar-refractivity contribution in [2.45, 2.75) is 6.92 Å². The van der Waals surface area contributed by atoms with E-state index in [0.29, 0.717) is 40.7 Å². The van der Waals surface area contributed by atoms with Gasteiger partial charge in [-0.15, -0.1) is 6.42 Å². The Morgan fingerprint density at radius 3 is 2.78 bits per heavy atom. The molecule has 0 aromatic heterocycles. The maximum Gasteiger partial charge on any atom is 0.196 e. The molecule has 0 radical (unpaired) electrons. The fraction of sp³-hybridized carbons (Fsp3) is 0.227. The van der Waals surface area contributed by atoms with E-state index in [4.69, 9.17) is 25.4 Å². The highest BCUT2D eigenvalue weighted by atomic mass is 16.5. The van der Waals surface area contributed by atoms with Gasteiger partial charge in [-0.05, 0) is 48.9 Å². The van der Waals surface area contributed by atoms with Crippen LogP contribution in [-0.4, -0.2) is 32.7 Å². The number of Topliss-reactive ketones (excluding diaryl/α,β-unsaturated/α-hetero) is 1. The molecule has 2 aromatic carbocycles. The van der Waals surface area contributed by atoms with Gasteiger partial charge in [-0.1, -0.05) is 12.0 Å². The van der Waals surface area contributed by atoms with Gasteiger partial charge < -0.3 is 18.9 Å². The number of fused-ring (bicyclic) bond motifs is 1. The number of carbonyl (C=O) groups is 1. The van der Waals surface area contributed by atoms with Crippen molar-refractivity contribution >= 4 is 11.9 Å². The molecule has 3 rings (SSSR count). The topological polar surface area (TPSA) is 54.0 Å². The molecule has 5 heteroatoms. The zero-order chi connectivity index (χ0) is 19.2. The smallest absolute Gasteiger partial charge is 0.196 e. The lowest BCUT2D eigenvalue weighted by atomic mass is 9.98. The zero-order valence-electron chi connectivity index (χ0n) is 15.3. The minimum atomic E-state index is -0.0826. The molecule has 1 heterocycles. The first kappa shape index (κ1) is 18.4. The van der Waals surface area contributed by atoms with Crippen LogP contribution in [0.1, 0.15) is 22.8 Å². The molecule has 1 aliphatic heterocycles. The Bertz CT molecular complexity index is 921. The van der Waals surface area contributed by atoms with Crippen LogP contribution in [0.4, 0.5) is 0 Å². The molecular formula is C22H20O5. The molecule has 5 nitrogen and oxygen atoms in total. The minimum absolute atomic E-state index is 0.0826. The number of ether oxygens (including phenoxy) is 4. The highest BCUT2D eigenvalue weighted by Crippen LogP contribution is 2.33. The summed E-state index contributed by atoms with van der Waals surface area (Å²) in [6.07, 6.45) is 7.03. The van der Waals surface area contributed by atoms with Crippen LogP contribution in [0.3, 0.4) is 0 Å². The van der Waals surface area contributed by atoms with Crippen molar-refractivity contribution in [2.75, 3.05) is 26.9 Å². The quantitative estimate of drug-likeness (QED) is 0.577. The highest BCUT2D eigenvalue weighted by Gasteiger charge is 2.24. The number of benzene rings is 2. The van der Waals surface area contributed by atoms with E-state index >= 15 is 0 Å². The van der Waals surface area contributed by atoms with Crippen LogP contribution in [0.2, 0.25) is 0 Å². The van der Waals surface area contributed by atoms with Crippen LogP contribution in [0.5, 0.6) is 23.0 Å². The number of ketones is 1. The summed E-state index contributed by atoms with van der Waals surface area (Å²) in [6.45, 7) is 2.74. The van der Waals surface area contributed by atoms with Gasteiger partial charge in [0.1, 0.15) is 24.7 Å². The van der Waals surface area contributed by atoms with Crippen LogP contribution in [0, 0.1) is 12.3 Å². The second-order valence-electron chi connectivity index (χ2n) is 5.78.